The molecule has 15 heteroatoms. The van der Waals surface area contributed by atoms with Crippen molar-refractivity contribution in [3.8, 4) is 0 Å². The molecule has 1 atom stereocenters. The van der Waals surface area contributed by atoms with E-state index >= 15 is 0 Å². The molecular formula is C24H29F6N3O5S. The molecule has 2 saturated heterocycles. The molecule has 1 unspecified atom stereocenters. The first kappa shape index (κ1) is 32.5. The number of pyridine rings is 1. The summed E-state index contributed by atoms with van der Waals surface area (Å²) in [6.07, 6.45) is -4.82. The topological polar surface area (TPSA) is 103 Å². The number of rotatable bonds is 5. The number of aromatic nitrogens is 1. The molecule has 1 spiro atoms. The molecule has 2 aromatic heterocycles. The maximum atomic E-state index is 10.6. The Morgan fingerprint density at radius 1 is 1.10 bits per heavy atom. The van der Waals surface area contributed by atoms with E-state index in [1.54, 1.807) is 11.3 Å². The number of alkyl halides is 6. The van der Waals surface area contributed by atoms with Crippen LogP contribution in [0.25, 0.3) is 0 Å². The third-order valence-electron chi connectivity index (χ3n) is 6.19. The summed E-state index contributed by atoms with van der Waals surface area (Å²) in [7, 11) is 2.20. The van der Waals surface area contributed by atoms with E-state index in [9.17, 15) is 26.3 Å². The van der Waals surface area contributed by atoms with Crippen LogP contribution in [0.2, 0.25) is 0 Å². The average Bonchev–Trinajstić information content (AvgIpc) is 3.51. The van der Waals surface area contributed by atoms with Gasteiger partial charge in [-0.15, -0.1) is 0 Å². The van der Waals surface area contributed by atoms with Crippen molar-refractivity contribution in [2.24, 2.45) is 0 Å². The number of thiophene rings is 1. The van der Waals surface area contributed by atoms with Gasteiger partial charge in [0.15, 0.2) is 0 Å². The SMILES string of the molecule is CN(Cc1ccccn1)C1COC2(CCN(Cc3ccsc3)CC2)C1.O=C(O)C(F)(F)F.O=C(O)C(F)(F)F. The molecule has 2 N–H and O–H groups in total. The maximum absolute atomic E-state index is 10.6. The summed E-state index contributed by atoms with van der Waals surface area (Å²) >= 11 is 1.79. The molecule has 0 radical (unpaired) electrons. The lowest BCUT2D eigenvalue weighted by atomic mass is 9.87. The Morgan fingerprint density at radius 3 is 2.15 bits per heavy atom. The van der Waals surface area contributed by atoms with Gasteiger partial charge in [-0.3, -0.25) is 14.8 Å². The minimum Gasteiger partial charge on any atom is -0.475 e. The molecule has 0 bridgehead atoms. The summed E-state index contributed by atoms with van der Waals surface area (Å²) in [5.41, 5.74) is 2.69. The molecule has 2 aliphatic rings. The van der Waals surface area contributed by atoms with Gasteiger partial charge in [0.05, 0.1) is 17.9 Å². The molecule has 8 nitrogen and oxygen atoms in total. The summed E-state index contributed by atoms with van der Waals surface area (Å²) in [4.78, 5) is 27.2. The van der Waals surface area contributed by atoms with E-state index in [4.69, 9.17) is 24.5 Å². The number of likely N-dealkylation sites (N-methyl/N-ethyl adjacent to an activating group) is 1. The van der Waals surface area contributed by atoms with Crippen molar-refractivity contribution in [1.82, 2.24) is 14.8 Å². The van der Waals surface area contributed by atoms with Gasteiger partial charge in [0, 0.05) is 38.4 Å². The molecule has 2 aliphatic heterocycles. The zero-order valence-corrected chi connectivity index (χ0v) is 21.7. The van der Waals surface area contributed by atoms with Crippen molar-refractivity contribution >= 4 is 23.3 Å². The lowest BCUT2D eigenvalue weighted by Crippen LogP contribution is -2.44. The van der Waals surface area contributed by atoms with Gasteiger partial charge in [-0.05, 0) is 60.8 Å². The van der Waals surface area contributed by atoms with E-state index in [2.05, 4.69) is 50.8 Å². The Kier molecular flexibility index (Phi) is 11.7. The smallest absolute Gasteiger partial charge is 0.475 e. The van der Waals surface area contributed by atoms with Crippen molar-refractivity contribution in [3.05, 3.63) is 52.5 Å². The summed E-state index contributed by atoms with van der Waals surface area (Å²) in [5.74, 6) is -5.51. The summed E-state index contributed by atoms with van der Waals surface area (Å²) in [6, 6.07) is 8.88. The number of hydrogen-bond donors (Lipinski definition) is 2. The number of carboxylic acid groups (broad SMARTS) is 2. The first-order valence-corrected chi connectivity index (χ1v) is 12.6. The molecule has 39 heavy (non-hydrogen) atoms. The van der Waals surface area contributed by atoms with E-state index in [1.807, 2.05) is 12.3 Å². The van der Waals surface area contributed by atoms with Crippen LogP contribution in [0.4, 0.5) is 26.3 Å². The summed E-state index contributed by atoms with van der Waals surface area (Å²) < 4.78 is 69.8. The number of carboxylic acids is 2. The Balaban J connectivity index is 0.000000317. The molecule has 218 valence electrons. The number of ether oxygens (including phenoxy) is 1. The number of likely N-dealkylation sites (tertiary alicyclic amines) is 1. The third-order valence-corrected chi connectivity index (χ3v) is 6.92. The number of piperidine rings is 1. The number of aliphatic carboxylic acids is 2. The first-order chi connectivity index (χ1) is 18.1. The van der Waals surface area contributed by atoms with Crippen molar-refractivity contribution in [3.63, 3.8) is 0 Å². The standard InChI is InChI=1S/C20H27N3OS.2C2HF3O2/c1-22(14-18-4-2-3-8-21-18)19-12-20(24-15-19)6-9-23(10-7-20)13-17-5-11-25-16-17;2*3-2(4,5)1(6)7/h2-5,8,11,16,19H,6-7,9-10,12-15H2,1H3;2*(H,6,7). The van der Waals surface area contributed by atoms with Gasteiger partial charge >= 0.3 is 24.3 Å². The van der Waals surface area contributed by atoms with Crippen LogP contribution in [0.15, 0.2) is 41.2 Å². The molecular weight excluding hydrogens is 556 g/mol. The maximum Gasteiger partial charge on any atom is 0.490 e. The highest BCUT2D eigenvalue weighted by Crippen LogP contribution is 2.38. The van der Waals surface area contributed by atoms with Crippen LogP contribution >= 0.6 is 11.3 Å². The van der Waals surface area contributed by atoms with E-state index < -0.39 is 24.3 Å². The minimum atomic E-state index is -5.08. The van der Waals surface area contributed by atoms with Crippen LogP contribution in [0.5, 0.6) is 0 Å². The monoisotopic (exact) mass is 585 g/mol. The minimum absolute atomic E-state index is 0.105. The quantitative estimate of drug-likeness (QED) is 0.489. The largest absolute Gasteiger partial charge is 0.490 e. The highest BCUT2D eigenvalue weighted by atomic mass is 32.1. The Bertz CT molecular complexity index is 1010. The van der Waals surface area contributed by atoms with Crippen LogP contribution in [-0.2, 0) is 27.4 Å². The van der Waals surface area contributed by atoms with Crippen LogP contribution < -0.4 is 0 Å². The summed E-state index contributed by atoms with van der Waals surface area (Å²) in [6.45, 7) is 5.13. The van der Waals surface area contributed by atoms with Gasteiger partial charge in [-0.25, -0.2) is 9.59 Å². The van der Waals surface area contributed by atoms with Crippen LogP contribution in [-0.4, -0.2) is 87.7 Å². The van der Waals surface area contributed by atoms with Gasteiger partial charge in [0.1, 0.15) is 0 Å². The lowest BCUT2D eigenvalue weighted by molar-refractivity contribution is -0.193. The molecule has 2 aromatic rings. The average molecular weight is 586 g/mol. The van der Waals surface area contributed by atoms with Gasteiger partial charge in [0.25, 0.3) is 0 Å². The number of hydrogen-bond acceptors (Lipinski definition) is 7. The number of nitrogens with zero attached hydrogens (tertiary/aromatic N) is 3. The Labute approximate surface area is 224 Å². The predicted molar refractivity (Wildman–Crippen MR) is 129 cm³/mol. The van der Waals surface area contributed by atoms with E-state index in [1.165, 1.54) is 5.56 Å². The van der Waals surface area contributed by atoms with E-state index in [0.29, 0.717) is 6.04 Å². The molecule has 0 saturated carbocycles. The zero-order chi connectivity index (χ0) is 29.3. The predicted octanol–water partition coefficient (Wildman–Crippen LogP) is 4.67. The highest BCUT2D eigenvalue weighted by molar-refractivity contribution is 7.07. The number of halogens is 6. The van der Waals surface area contributed by atoms with E-state index in [0.717, 1.165) is 57.7 Å². The number of carbonyl (C=O) groups is 2. The molecule has 0 aliphatic carbocycles. The van der Waals surface area contributed by atoms with E-state index in [-0.39, 0.29) is 5.60 Å². The van der Waals surface area contributed by atoms with Gasteiger partial charge in [-0.2, -0.15) is 37.7 Å². The molecule has 2 fully saturated rings. The van der Waals surface area contributed by atoms with Gasteiger partial charge in [0.2, 0.25) is 0 Å². The van der Waals surface area contributed by atoms with Crippen LogP contribution in [0.1, 0.15) is 30.5 Å². The fourth-order valence-electron chi connectivity index (χ4n) is 4.09. The second-order valence-electron chi connectivity index (χ2n) is 9.10. The van der Waals surface area contributed by atoms with Crippen molar-refractivity contribution in [2.45, 2.75) is 56.3 Å². The Hall–Kier alpha value is -2.75. The molecule has 4 heterocycles. The van der Waals surface area contributed by atoms with Crippen molar-refractivity contribution in [2.75, 3.05) is 26.7 Å². The molecule has 0 amide bonds. The third kappa shape index (κ3) is 11.1. The fourth-order valence-corrected chi connectivity index (χ4v) is 4.75. The first-order valence-electron chi connectivity index (χ1n) is 11.7. The van der Waals surface area contributed by atoms with Crippen LogP contribution in [0.3, 0.4) is 0 Å². The summed E-state index contributed by atoms with van der Waals surface area (Å²) in [5, 5.41) is 18.7. The normalized spacial score (nSPS) is 19.1. The second-order valence-corrected chi connectivity index (χ2v) is 9.88. The fraction of sp³-hybridized carbons (Fsp3) is 0.542. The van der Waals surface area contributed by atoms with Crippen LogP contribution in [0, 0.1) is 0 Å². The second kappa shape index (κ2) is 14.1. The molecule has 0 aromatic carbocycles. The van der Waals surface area contributed by atoms with Gasteiger partial charge < -0.3 is 14.9 Å². The highest BCUT2D eigenvalue weighted by Gasteiger charge is 2.44. The molecule has 4 rings (SSSR count). The lowest BCUT2D eigenvalue weighted by Gasteiger charge is -2.39. The zero-order valence-electron chi connectivity index (χ0n) is 20.9. The van der Waals surface area contributed by atoms with Crippen molar-refractivity contribution in [1.29, 1.82) is 0 Å². The Morgan fingerprint density at radius 2 is 1.69 bits per heavy atom. The van der Waals surface area contributed by atoms with Crippen molar-refractivity contribution < 1.29 is 50.9 Å². The van der Waals surface area contributed by atoms with Gasteiger partial charge in [-0.1, -0.05) is 6.07 Å².